The number of carbonyl (C=O) groups is 3. The highest BCUT2D eigenvalue weighted by atomic mass is 16.5. The molecule has 0 unspecified atom stereocenters. The highest BCUT2D eigenvalue weighted by molar-refractivity contribution is 6.45. The Morgan fingerprint density at radius 2 is 1.89 bits per heavy atom. The molecule has 3 aromatic rings. The minimum Gasteiger partial charge on any atom is -0.481 e. The van der Waals surface area contributed by atoms with E-state index in [1.165, 1.54) is 6.07 Å². The van der Waals surface area contributed by atoms with E-state index >= 15 is 0 Å². The van der Waals surface area contributed by atoms with E-state index in [9.17, 15) is 14.4 Å². The summed E-state index contributed by atoms with van der Waals surface area (Å²) >= 11 is 0. The van der Waals surface area contributed by atoms with Gasteiger partial charge in [-0.3, -0.25) is 9.59 Å². The van der Waals surface area contributed by atoms with Crippen molar-refractivity contribution in [3.8, 4) is 5.75 Å². The first kappa shape index (κ1) is 15.4. The number of rotatable bonds is 8. The molecule has 7 nitrogen and oxygen atoms in total. The minimum atomic E-state index is -2.45. The molecule has 1 amide bonds. The van der Waals surface area contributed by atoms with Crippen LogP contribution < -0.4 is 10.5 Å². The Bertz CT molecular complexity index is 1150. The molecule has 0 bridgehead atoms. The van der Waals surface area contributed by atoms with E-state index in [4.69, 9.17) is 19.7 Å². The first-order valence-corrected chi connectivity index (χ1v) is 8.45. The van der Waals surface area contributed by atoms with Crippen molar-refractivity contribution in [2.45, 2.75) is 19.8 Å². The van der Waals surface area contributed by atoms with Gasteiger partial charge in [0.2, 0.25) is 0 Å². The third-order valence-corrected chi connectivity index (χ3v) is 4.31. The maximum Gasteiger partial charge on any atom is 0.341 e. The van der Waals surface area contributed by atoms with E-state index in [1.54, 1.807) is 16.7 Å². The Morgan fingerprint density at radius 1 is 1.14 bits per heavy atom. The van der Waals surface area contributed by atoms with Crippen molar-refractivity contribution >= 4 is 28.6 Å². The van der Waals surface area contributed by atoms with E-state index < -0.39 is 37.5 Å². The Kier molecular flexibility index (Phi) is 4.39. The Morgan fingerprint density at radius 3 is 2.54 bits per heavy atom. The van der Waals surface area contributed by atoms with Gasteiger partial charge < -0.3 is 20.1 Å². The number of aromatic nitrogens is 1. The fraction of sp³-hybridized carbons (Fsp3) is 0.190. The van der Waals surface area contributed by atoms with Gasteiger partial charge in [-0.15, -0.1) is 0 Å². The summed E-state index contributed by atoms with van der Waals surface area (Å²) in [6, 6.07) is 13.8. The summed E-state index contributed by atoms with van der Waals surface area (Å²) in [5, 5.41) is 9.13. The zero-order valence-corrected chi connectivity index (χ0v) is 14.8. The van der Waals surface area contributed by atoms with E-state index in [2.05, 4.69) is 0 Å². The second kappa shape index (κ2) is 7.96. The molecular weight excluding hydrogens is 360 g/mol. The number of nitrogens with two attached hydrogens (primary N) is 1. The van der Waals surface area contributed by atoms with Gasteiger partial charge >= 0.3 is 5.97 Å². The van der Waals surface area contributed by atoms with Gasteiger partial charge in [0.05, 0.1) is 16.5 Å². The SMILES string of the molecule is [2H]C([2H])([2H])Cc1c(C(=O)C(N)=O)c2c(OCC(=O)O)cccc2n1Cc1ccccc1. The monoisotopic (exact) mass is 383 g/mol. The number of nitrogens with zero attached hydrogens (tertiary/aromatic N) is 1. The van der Waals surface area contributed by atoms with Crippen LogP contribution in [0.15, 0.2) is 48.5 Å². The summed E-state index contributed by atoms with van der Waals surface area (Å²) in [5.74, 6) is -3.50. The number of fused-ring (bicyclic) bond motifs is 1. The van der Waals surface area contributed by atoms with Crippen LogP contribution in [0.4, 0.5) is 0 Å². The lowest BCUT2D eigenvalue weighted by atomic mass is 10.0. The highest BCUT2D eigenvalue weighted by Crippen LogP contribution is 2.35. The first-order valence-electron chi connectivity index (χ1n) is 9.95. The van der Waals surface area contributed by atoms with E-state index in [0.29, 0.717) is 5.52 Å². The summed E-state index contributed by atoms with van der Waals surface area (Å²) < 4.78 is 30.2. The van der Waals surface area contributed by atoms with Crippen LogP contribution in [0.25, 0.3) is 10.9 Å². The van der Waals surface area contributed by atoms with Crippen LogP contribution in [0.1, 0.15) is 32.6 Å². The topological polar surface area (TPSA) is 112 Å². The van der Waals surface area contributed by atoms with Crippen molar-refractivity contribution in [2.24, 2.45) is 5.73 Å². The van der Waals surface area contributed by atoms with E-state index in [-0.39, 0.29) is 28.9 Å². The van der Waals surface area contributed by atoms with Gasteiger partial charge in [-0.2, -0.15) is 0 Å². The average Bonchev–Trinajstić information content (AvgIpc) is 2.98. The Balaban J connectivity index is 2.34. The zero-order chi connectivity index (χ0) is 22.8. The lowest BCUT2D eigenvalue weighted by Crippen LogP contribution is -2.24. The Labute approximate surface area is 165 Å². The fourth-order valence-electron chi connectivity index (χ4n) is 3.18. The van der Waals surface area contributed by atoms with Gasteiger partial charge in [0, 0.05) is 16.4 Å². The number of amides is 1. The van der Waals surface area contributed by atoms with Crippen molar-refractivity contribution in [3.63, 3.8) is 0 Å². The number of aliphatic carboxylic acids is 1. The smallest absolute Gasteiger partial charge is 0.341 e. The molecule has 7 heteroatoms. The van der Waals surface area contributed by atoms with Crippen molar-refractivity contribution in [2.75, 3.05) is 6.61 Å². The predicted octanol–water partition coefficient (Wildman–Crippen LogP) is 2.38. The predicted molar refractivity (Wildman–Crippen MR) is 104 cm³/mol. The van der Waals surface area contributed by atoms with Gasteiger partial charge in [-0.25, -0.2) is 4.79 Å². The molecule has 0 atom stereocenters. The van der Waals surface area contributed by atoms with Crippen LogP contribution in [0, 0.1) is 0 Å². The molecule has 0 saturated carbocycles. The first-order chi connectivity index (χ1) is 14.6. The van der Waals surface area contributed by atoms with Crippen LogP contribution in [-0.4, -0.2) is 33.9 Å². The van der Waals surface area contributed by atoms with Crippen molar-refractivity contribution in [1.82, 2.24) is 4.57 Å². The lowest BCUT2D eigenvalue weighted by Gasteiger charge is -2.11. The zero-order valence-electron chi connectivity index (χ0n) is 17.8. The molecule has 144 valence electrons. The summed E-state index contributed by atoms with van der Waals surface area (Å²) in [6.45, 7) is -2.91. The number of hydrogen-bond donors (Lipinski definition) is 2. The van der Waals surface area contributed by atoms with Crippen LogP contribution in [-0.2, 0) is 22.6 Å². The van der Waals surface area contributed by atoms with Crippen molar-refractivity contribution in [3.05, 3.63) is 65.4 Å². The molecule has 3 N–H and O–H groups in total. The maximum absolute atomic E-state index is 12.8. The molecule has 1 heterocycles. The molecule has 0 aliphatic carbocycles. The number of primary amides is 1. The number of hydrogen-bond acceptors (Lipinski definition) is 4. The van der Waals surface area contributed by atoms with Gasteiger partial charge in [-0.05, 0) is 24.1 Å². The number of carboxylic acid groups (broad SMARTS) is 1. The average molecular weight is 383 g/mol. The van der Waals surface area contributed by atoms with Crippen LogP contribution in [0.2, 0.25) is 0 Å². The van der Waals surface area contributed by atoms with Crippen LogP contribution >= 0.6 is 0 Å². The molecule has 0 fully saturated rings. The summed E-state index contributed by atoms with van der Waals surface area (Å²) in [4.78, 5) is 35.6. The van der Waals surface area contributed by atoms with Crippen LogP contribution in [0.3, 0.4) is 0 Å². The van der Waals surface area contributed by atoms with Gasteiger partial charge in [0.15, 0.2) is 6.61 Å². The van der Waals surface area contributed by atoms with Gasteiger partial charge in [0.25, 0.3) is 11.7 Å². The number of ketones is 1. The van der Waals surface area contributed by atoms with Crippen LogP contribution in [0.5, 0.6) is 5.75 Å². The number of benzene rings is 2. The lowest BCUT2D eigenvalue weighted by molar-refractivity contribution is -0.139. The molecule has 0 aliphatic rings. The van der Waals surface area contributed by atoms with Crippen molar-refractivity contribution < 1.29 is 28.3 Å². The molecule has 0 aliphatic heterocycles. The normalized spacial score (nSPS) is 12.8. The molecular formula is C21H20N2O5. The summed E-state index contributed by atoms with van der Waals surface area (Å²) in [6.07, 6.45) is -0.499. The summed E-state index contributed by atoms with van der Waals surface area (Å²) in [5.41, 5.74) is 6.43. The Hall–Kier alpha value is -3.61. The molecule has 0 spiro atoms. The molecule has 0 radical (unpaired) electrons. The molecule has 3 rings (SSSR count). The van der Waals surface area contributed by atoms with E-state index in [1.807, 2.05) is 30.3 Å². The second-order valence-electron chi connectivity index (χ2n) is 6.10. The van der Waals surface area contributed by atoms with Gasteiger partial charge in [-0.1, -0.05) is 43.3 Å². The largest absolute Gasteiger partial charge is 0.481 e. The minimum absolute atomic E-state index is 0.0445. The number of carbonyl (C=O) groups excluding carboxylic acids is 2. The third-order valence-electron chi connectivity index (χ3n) is 4.31. The fourth-order valence-corrected chi connectivity index (χ4v) is 3.18. The number of carboxylic acids is 1. The quantitative estimate of drug-likeness (QED) is 0.458. The van der Waals surface area contributed by atoms with E-state index in [0.717, 1.165) is 5.56 Å². The van der Waals surface area contributed by atoms with Gasteiger partial charge in [0.1, 0.15) is 5.75 Å². The second-order valence-corrected chi connectivity index (χ2v) is 6.10. The van der Waals surface area contributed by atoms with Crippen molar-refractivity contribution in [1.29, 1.82) is 0 Å². The standard InChI is InChI=1S/C21H20N2O5/c1-2-14-19(20(26)21(22)27)18-15(9-6-10-16(18)28-12-17(24)25)23(14)11-13-7-4-3-5-8-13/h3-10H,2,11-12H2,1H3,(H2,22,27)(H,24,25)/i1D3. The summed E-state index contributed by atoms with van der Waals surface area (Å²) in [7, 11) is 0. The third kappa shape index (κ3) is 3.59. The molecule has 0 saturated heterocycles. The number of ether oxygens (including phenoxy) is 1. The molecule has 2 aromatic carbocycles. The molecule has 1 aromatic heterocycles. The number of Topliss-reactive ketones (excluding diaryl/α,β-unsaturated/α-hetero) is 1. The maximum atomic E-state index is 12.8. The molecule has 28 heavy (non-hydrogen) atoms. The highest BCUT2D eigenvalue weighted by Gasteiger charge is 2.27.